The van der Waals surface area contributed by atoms with E-state index in [1.165, 1.54) is 12.3 Å². The highest BCUT2D eigenvalue weighted by molar-refractivity contribution is 7.64. The van der Waals surface area contributed by atoms with E-state index < -0.39 is 11.9 Å². The minimum absolute atomic E-state index is 0.178. The number of hydrogen-bond acceptors (Lipinski definition) is 4. The van der Waals surface area contributed by atoms with E-state index in [1.54, 1.807) is 0 Å². The van der Waals surface area contributed by atoms with Crippen molar-refractivity contribution in [1.82, 2.24) is 4.57 Å². The first-order chi connectivity index (χ1) is 9.28. The number of hydrogen-bond donors (Lipinski definition) is 2. The van der Waals surface area contributed by atoms with E-state index in [2.05, 4.69) is 36.6 Å². The van der Waals surface area contributed by atoms with Crippen LogP contribution in [0.3, 0.4) is 0 Å². The third-order valence-electron chi connectivity index (χ3n) is 1.87. The van der Waals surface area contributed by atoms with Gasteiger partial charge in [0.05, 0.1) is 13.6 Å². The smallest absolute Gasteiger partial charge is 0.331 e. The molecule has 0 fully saturated rings. The predicted octanol–water partition coefficient (Wildman–Crippen LogP) is 0.449. The molecule has 0 saturated carbocycles. The molecule has 1 aromatic rings. The second-order valence-corrected chi connectivity index (χ2v) is 3.65. The molecule has 0 saturated heterocycles. The van der Waals surface area contributed by atoms with E-state index in [0.717, 1.165) is 6.54 Å². The molecule has 1 heterocycles. The average Bonchev–Trinajstić information content (AvgIpc) is 2.76. The summed E-state index contributed by atoms with van der Waals surface area (Å²) >= 11 is 3.70. The van der Waals surface area contributed by atoms with Crippen LogP contribution in [-0.2, 0) is 35.8 Å². The van der Waals surface area contributed by atoms with Crippen LogP contribution in [0.5, 0.6) is 0 Å². The fraction of sp³-hybridized carbons (Fsp3) is 0.333. The number of thiocyanates is 1. The molecule has 0 spiro atoms. The quantitative estimate of drug-likeness (QED) is 0.363. The number of carboxylic acid groups (broad SMARTS) is 2. The lowest BCUT2D eigenvalue weighted by molar-refractivity contribution is -0.671. The van der Waals surface area contributed by atoms with Crippen molar-refractivity contribution in [3.63, 3.8) is 0 Å². The number of aliphatic carboxylic acids is 2. The zero-order valence-corrected chi connectivity index (χ0v) is 12.3. The van der Waals surface area contributed by atoms with Crippen LogP contribution in [0.25, 0.3) is 0 Å². The number of aromatic nitrogens is 2. The van der Waals surface area contributed by atoms with Gasteiger partial charge in [-0.3, -0.25) is 0 Å². The minimum atomic E-state index is -1.24. The van der Waals surface area contributed by atoms with E-state index in [9.17, 15) is 9.59 Å². The Morgan fingerprint density at radius 2 is 2.00 bits per heavy atom. The molecule has 0 aromatic carbocycles. The second-order valence-electron chi connectivity index (χ2n) is 3.47. The third kappa shape index (κ3) is 12.1. The van der Waals surface area contributed by atoms with Gasteiger partial charge in [0.25, 0.3) is 0 Å². The van der Waals surface area contributed by atoms with Gasteiger partial charge < -0.3 is 22.8 Å². The average molecular weight is 299 g/mol. The number of carboxylic acids is 2. The van der Waals surface area contributed by atoms with Crippen LogP contribution in [0.1, 0.15) is 13.8 Å². The summed E-state index contributed by atoms with van der Waals surface area (Å²) in [4.78, 5) is 19.7. The molecule has 0 aliphatic heterocycles. The number of nitrogens with zero attached hydrogens (tertiary/aromatic N) is 3. The SMILES string of the molecule is C/C(=C/C(=O)O)C(=O)O.CCn1cc[n+](C)c1.N#C[S-]. The Balaban J connectivity index is 0. The zero-order chi connectivity index (χ0) is 16.1. The number of carbonyl (C=O) groups is 2. The minimum Gasteiger partial charge on any atom is -0.696 e. The molecule has 0 bridgehead atoms. The highest BCUT2D eigenvalue weighted by Gasteiger charge is 2.00. The second kappa shape index (κ2) is 11.7. The van der Waals surface area contributed by atoms with Crippen LogP contribution < -0.4 is 4.57 Å². The lowest BCUT2D eigenvalue weighted by Crippen LogP contribution is -2.23. The maximum Gasteiger partial charge on any atom is 0.331 e. The summed E-state index contributed by atoms with van der Waals surface area (Å²) in [5.41, 5.74) is -0.178. The van der Waals surface area contributed by atoms with Gasteiger partial charge in [0, 0.05) is 11.6 Å². The number of aryl methyl sites for hydroxylation is 2. The highest BCUT2D eigenvalue weighted by Crippen LogP contribution is 1.89. The van der Waals surface area contributed by atoms with E-state index in [1.807, 2.05) is 17.8 Å². The first kappa shape index (κ1) is 19.9. The molecule has 0 atom stereocenters. The molecule has 20 heavy (non-hydrogen) atoms. The van der Waals surface area contributed by atoms with Crippen LogP contribution in [0.2, 0.25) is 0 Å². The van der Waals surface area contributed by atoms with Gasteiger partial charge in [-0.2, -0.15) is 0 Å². The first-order valence-electron chi connectivity index (χ1n) is 5.45. The maximum absolute atomic E-state index is 9.90. The van der Waals surface area contributed by atoms with Gasteiger partial charge in [-0.1, -0.05) is 5.40 Å². The summed E-state index contributed by atoms with van der Waals surface area (Å²) in [7, 11) is 2.02. The standard InChI is InChI=1S/C6H11N2.C5H6O4.CHNS/c1-3-8-5-4-7(2)6-8;1-3(5(8)9)2-4(6)7;2-1-3/h4-6H,3H2,1-2H3;2H,1H3,(H,6,7)(H,8,9);3H/q+1;;/p-1/b;3-2-;. The lowest BCUT2D eigenvalue weighted by atomic mass is 10.3. The van der Waals surface area contributed by atoms with Gasteiger partial charge in [-0.25, -0.2) is 24.0 Å². The van der Waals surface area contributed by atoms with Crippen LogP contribution in [0, 0.1) is 10.7 Å². The highest BCUT2D eigenvalue weighted by atomic mass is 32.1. The number of imidazole rings is 1. The van der Waals surface area contributed by atoms with Crippen molar-refractivity contribution in [1.29, 1.82) is 5.26 Å². The third-order valence-corrected chi connectivity index (χ3v) is 1.87. The van der Waals surface area contributed by atoms with Gasteiger partial charge >= 0.3 is 11.9 Å². The normalized spacial score (nSPS) is 9.20. The fourth-order valence-corrected chi connectivity index (χ4v) is 0.936. The van der Waals surface area contributed by atoms with Gasteiger partial charge in [0.15, 0.2) is 0 Å². The molecular formula is C12H17N3O4S. The summed E-state index contributed by atoms with van der Waals surface area (Å²) in [6.45, 7) is 4.40. The molecule has 7 nitrogen and oxygen atoms in total. The van der Waals surface area contributed by atoms with Crippen LogP contribution in [0.4, 0.5) is 0 Å². The molecule has 8 heteroatoms. The molecule has 1 rings (SSSR count). The van der Waals surface area contributed by atoms with Crippen molar-refractivity contribution in [2.45, 2.75) is 20.4 Å². The van der Waals surface area contributed by atoms with Crippen LogP contribution in [0.15, 0.2) is 30.4 Å². The van der Waals surface area contributed by atoms with E-state index in [0.29, 0.717) is 6.08 Å². The summed E-state index contributed by atoms with van der Waals surface area (Å²) in [6, 6.07) is 0. The van der Waals surface area contributed by atoms with Crippen molar-refractivity contribution in [2.75, 3.05) is 0 Å². The summed E-state index contributed by atoms with van der Waals surface area (Å²) in [6.07, 6.45) is 6.78. The Bertz CT molecular complexity index is 503. The Hall–Kier alpha value is -2.40. The van der Waals surface area contributed by atoms with Gasteiger partial charge in [0.1, 0.15) is 12.4 Å². The molecule has 0 aliphatic carbocycles. The maximum atomic E-state index is 9.90. The molecular weight excluding hydrogens is 282 g/mol. The first-order valence-corrected chi connectivity index (χ1v) is 5.86. The molecule has 0 radical (unpaired) electrons. The van der Waals surface area contributed by atoms with Crippen LogP contribution in [-0.4, -0.2) is 26.7 Å². The van der Waals surface area contributed by atoms with Crippen molar-refractivity contribution >= 4 is 24.6 Å². The molecule has 2 N–H and O–H groups in total. The van der Waals surface area contributed by atoms with E-state index in [4.69, 9.17) is 15.5 Å². The van der Waals surface area contributed by atoms with Crippen molar-refractivity contribution in [3.05, 3.63) is 30.4 Å². The van der Waals surface area contributed by atoms with Gasteiger partial charge in [-0.15, -0.1) is 0 Å². The Labute approximate surface area is 122 Å². The summed E-state index contributed by atoms with van der Waals surface area (Å²) in [5, 5.41) is 24.6. The lowest BCUT2D eigenvalue weighted by Gasteiger charge is -1.86. The number of rotatable bonds is 3. The molecule has 0 aliphatic rings. The molecule has 1 aromatic heterocycles. The topological polar surface area (TPSA) is 107 Å². The van der Waals surface area contributed by atoms with E-state index >= 15 is 0 Å². The van der Waals surface area contributed by atoms with Crippen molar-refractivity contribution in [2.24, 2.45) is 7.05 Å². The van der Waals surface area contributed by atoms with Gasteiger partial charge in [0.2, 0.25) is 6.33 Å². The fourth-order valence-electron chi connectivity index (χ4n) is 0.936. The predicted molar refractivity (Wildman–Crippen MR) is 73.3 cm³/mol. The van der Waals surface area contributed by atoms with Crippen molar-refractivity contribution < 1.29 is 24.4 Å². The summed E-state index contributed by atoms with van der Waals surface area (Å²) < 4.78 is 4.16. The Morgan fingerprint density at radius 1 is 1.50 bits per heavy atom. The summed E-state index contributed by atoms with van der Waals surface area (Å²) in [5.74, 6) is -2.45. The zero-order valence-electron chi connectivity index (χ0n) is 11.5. The van der Waals surface area contributed by atoms with Gasteiger partial charge in [-0.05, 0) is 13.8 Å². The monoisotopic (exact) mass is 299 g/mol. The molecule has 110 valence electrons. The number of nitriles is 1. The largest absolute Gasteiger partial charge is 0.696 e. The van der Waals surface area contributed by atoms with Crippen LogP contribution >= 0.6 is 0 Å². The molecule has 0 amide bonds. The molecule has 0 unspecified atom stereocenters. The Kier molecular flexibility index (Phi) is 11.6. The van der Waals surface area contributed by atoms with Crippen molar-refractivity contribution in [3.8, 4) is 5.40 Å². The van der Waals surface area contributed by atoms with E-state index in [-0.39, 0.29) is 5.57 Å². The Morgan fingerprint density at radius 3 is 2.15 bits per heavy atom.